The second-order valence-electron chi connectivity index (χ2n) is 2.31. The molecule has 0 amide bonds. The molecule has 0 atom stereocenters. The van der Waals surface area contributed by atoms with E-state index in [0.717, 1.165) is 5.02 Å². The third-order valence-corrected chi connectivity index (χ3v) is 1.40. The van der Waals surface area contributed by atoms with Crippen molar-refractivity contribution in [3.05, 3.63) is 23.2 Å². The molecule has 0 heterocycles. The predicted molar refractivity (Wildman–Crippen MR) is 47.8 cm³/mol. The molecule has 0 bridgehead atoms. The molecule has 0 nitrogen and oxygen atoms in total. The van der Waals surface area contributed by atoms with Gasteiger partial charge in [0, 0.05) is 5.02 Å². The fourth-order valence-corrected chi connectivity index (χ4v) is 1.26. The van der Waals surface area contributed by atoms with E-state index in [4.69, 9.17) is 11.6 Å². The zero-order valence-corrected chi connectivity index (χ0v) is 6.37. The van der Waals surface area contributed by atoms with Gasteiger partial charge in [0.2, 0.25) is 0 Å². The molecule has 0 aromatic heterocycles. The van der Waals surface area contributed by atoms with Crippen LogP contribution >= 0.6 is 11.6 Å². The smallest absolute Gasteiger partial charge is 0.0881 e. The first-order valence-corrected chi connectivity index (χ1v) is 3.30. The van der Waals surface area contributed by atoms with E-state index in [2.05, 4.69) is 6.07 Å². The first kappa shape index (κ1) is 6.76. The molecule has 0 spiro atoms. The lowest BCUT2D eigenvalue weighted by atomic mass is 9.88. The minimum absolute atomic E-state index is 0.826. The lowest BCUT2D eigenvalue weighted by Gasteiger charge is -1.95. The molecule has 0 aliphatic carbocycles. The molecule has 1 aromatic carbocycles. The first-order chi connectivity index (χ1) is 4.18. The molecule has 1 aromatic rings. The highest BCUT2D eigenvalue weighted by Gasteiger charge is 1.89. The van der Waals surface area contributed by atoms with Gasteiger partial charge in [-0.3, -0.25) is 0 Å². The van der Waals surface area contributed by atoms with Crippen molar-refractivity contribution in [1.82, 2.24) is 0 Å². The van der Waals surface area contributed by atoms with Crippen LogP contribution in [0.2, 0.25) is 5.02 Å². The minimum Gasteiger partial charge on any atom is -0.0881 e. The van der Waals surface area contributed by atoms with E-state index in [1.54, 1.807) is 0 Å². The van der Waals surface area contributed by atoms with Crippen molar-refractivity contribution in [1.29, 1.82) is 0 Å². The van der Waals surface area contributed by atoms with Crippen LogP contribution in [0.25, 0.3) is 0 Å². The van der Waals surface area contributed by atoms with Crippen LogP contribution in [0.15, 0.2) is 18.2 Å². The van der Waals surface area contributed by atoms with Crippen LogP contribution in [0.4, 0.5) is 0 Å². The van der Waals surface area contributed by atoms with Crippen molar-refractivity contribution < 1.29 is 0 Å². The third-order valence-electron chi connectivity index (χ3n) is 1.19. The van der Waals surface area contributed by atoms with E-state index in [1.165, 1.54) is 10.9 Å². The molecule has 0 aliphatic rings. The second kappa shape index (κ2) is 2.49. The van der Waals surface area contributed by atoms with E-state index in [9.17, 15) is 0 Å². The molecule has 0 aliphatic heterocycles. The van der Waals surface area contributed by atoms with Gasteiger partial charge in [0.25, 0.3) is 0 Å². The Labute approximate surface area is 62.0 Å². The van der Waals surface area contributed by atoms with E-state index >= 15 is 0 Å². The van der Waals surface area contributed by atoms with Crippen LogP contribution in [0.3, 0.4) is 0 Å². The van der Waals surface area contributed by atoms with Gasteiger partial charge in [-0.2, -0.15) is 0 Å². The van der Waals surface area contributed by atoms with Crippen molar-refractivity contribution in [3.63, 3.8) is 0 Å². The summed E-state index contributed by atoms with van der Waals surface area (Å²) in [5, 5.41) is 0.826. The molecule has 3 heteroatoms. The van der Waals surface area contributed by atoms with Crippen LogP contribution in [0.1, 0.15) is 0 Å². The molecule has 0 saturated carbocycles. The standard InChI is InChI=1S/C6H7B2Cl/c7-4-1-5(8)3-6(9)2-4/h1-3H,7-8H2. The Kier molecular flexibility index (Phi) is 1.87. The van der Waals surface area contributed by atoms with Crippen molar-refractivity contribution in [2.75, 3.05) is 0 Å². The Bertz CT molecular complexity index is 172. The molecule has 0 unspecified atom stereocenters. The van der Waals surface area contributed by atoms with Gasteiger partial charge in [-0.15, -0.1) is 0 Å². The molecule has 0 radical (unpaired) electrons. The number of rotatable bonds is 0. The van der Waals surface area contributed by atoms with Crippen LogP contribution in [-0.2, 0) is 0 Å². The summed E-state index contributed by atoms with van der Waals surface area (Å²) in [4.78, 5) is 0. The van der Waals surface area contributed by atoms with Gasteiger partial charge in [-0.25, -0.2) is 0 Å². The van der Waals surface area contributed by atoms with Gasteiger partial charge >= 0.3 is 0 Å². The number of hydrogen-bond acceptors (Lipinski definition) is 0. The summed E-state index contributed by atoms with van der Waals surface area (Å²) >= 11 is 5.75. The lowest BCUT2D eigenvalue weighted by Crippen LogP contribution is -2.12. The van der Waals surface area contributed by atoms with Gasteiger partial charge < -0.3 is 0 Å². The predicted octanol–water partition coefficient (Wildman–Crippen LogP) is -1.14. The van der Waals surface area contributed by atoms with Gasteiger partial charge in [-0.05, 0) is 12.1 Å². The number of hydrogen-bond donors (Lipinski definition) is 0. The lowest BCUT2D eigenvalue weighted by molar-refractivity contribution is 1.83. The SMILES string of the molecule is Bc1cc(B)cc(Cl)c1. The van der Waals surface area contributed by atoms with Gasteiger partial charge in [0.15, 0.2) is 0 Å². The van der Waals surface area contributed by atoms with Crippen LogP contribution in [0.5, 0.6) is 0 Å². The van der Waals surface area contributed by atoms with E-state index < -0.39 is 0 Å². The van der Waals surface area contributed by atoms with E-state index in [1.807, 2.05) is 27.8 Å². The molecule has 0 saturated heterocycles. The highest BCUT2D eigenvalue weighted by molar-refractivity contribution is 6.41. The summed E-state index contributed by atoms with van der Waals surface area (Å²) in [6, 6.07) is 6.01. The normalized spacial score (nSPS) is 9.44. The fourth-order valence-electron chi connectivity index (χ4n) is 0.919. The Hall–Kier alpha value is -0.360. The highest BCUT2D eigenvalue weighted by Crippen LogP contribution is 2.00. The maximum Gasteiger partial charge on any atom is 0.139 e. The van der Waals surface area contributed by atoms with Crippen molar-refractivity contribution in [3.8, 4) is 0 Å². The summed E-state index contributed by atoms with van der Waals surface area (Å²) < 4.78 is 0. The molecule has 1 rings (SSSR count). The van der Waals surface area contributed by atoms with Crippen molar-refractivity contribution in [2.24, 2.45) is 0 Å². The highest BCUT2D eigenvalue weighted by atomic mass is 35.5. The van der Waals surface area contributed by atoms with E-state index in [-0.39, 0.29) is 0 Å². The quantitative estimate of drug-likeness (QED) is 0.395. The summed E-state index contributed by atoms with van der Waals surface area (Å²) in [6.45, 7) is 0. The van der Waals surface area contributed by atoms with Crippen LogP contribution in [0, 0.1) is 0 Å². The molecular weight excluding hydrogens is 129 g/mol. The van der Waals surface area contributed by atoms with Gasteiger partial charge in [0.05, 0.1) is 0 Å². The fraction of sp³-hybridized carbons (Fsp3) is 0. The van der Waals surface area contributed by atoms with Crippen LogP contribution in [-0.4, -0.2) is 15.7 Å². The molecular formula is C6H7B2Cl. The Morgan fingerprint density at radius 3 is 1.78 bits per heavy atom. The summed E-state index contributed by atoms with van der Waals surface area (Å²) in [6.07, 6.45) is 0. The molecule has 0 N–H and O–H groups in total. The largest absolute Gasteiger partial charge is 0.139 e. The Morgan fingerprint density at radius 1 is 1.00 bits per heavy atom. The van der Waals surface area contributed by atoms with E-state index in [0.29, 0.717) is 0 Å². The topological polar surface area (TPSA) is 0 Å². The molecule has 44 valence electrons. The zero-order valence-electron chi connectivity index (χ0n) is 5.61. The Morgan fingerprint density at radius 2 is 1.44 bits per heavy atom. The number of halogens is 1. The van der Waals surface area contributed by atoms with Crippen molar-refractivity contribution >= 4 is 38.2 Å². The third kappa shape index (κ3) is 1.79. The van der Waals surface area contributed by atoms with Crippen LogP contribution < -0.4 is 10.9 Å². The zero-order chi connectivity index (χ0) is 6.85. The monoisotopic (exact) mass is 136 g/mol. The maximum atomic E-state index is 5.75. The number of benzene rings is 1. The Balaban J connectivity index is 3.17. The first-order valence-electron chi connectivity index (χ1n) is 2.92. The minimum atomic E-state index is 0.826. The molecule has 0 fully saturated rings. The summed E-state index contributed by atoms with van der Waals surface area (Å²) in [5.74, 6) is 0. The maximum absolute atomic E-state index is 5.75. The second-order valence-corrected chi connectivity index (χ2v) is 2.74. The summed E-state index contributed by atoms with van der Waals surface area (Å²) in [7, 11) is 4.08. The average molecular weight is 136 g/mol. The molecule has 9 heavy (non-hydrogen) atoms. The van der Waals surface area contributed by atoms with Gasteiger partial charge in [0.1, 0.15) is 15.7 Å². The summed E-state index contributed by atoms with van der Waals surface area (Å²) in [5.41, 5.74) is 2.44. The van der Waals surface area contributed by atoms with Crippen molar-refractivity contribution in [2.45, 2.75) is 0 Å². The van der Waals surface area contributed by atoms with Gasteiger partial charge in [-0.1, -0.05) is 28.6 Å². The average Bonchev–Trinajstić information content (AvgIpc) is 1.59.